The number of nitrogens with one attached hydrogen (secondary N) is 1. The summed E-state index contributed by atoms with van der Waals surface area (Å²) in [4.78, 5) is 12.9. The molecular formula is C17H15NOS. The number of aryl methyl sites for hydroxylation is 1. The summed E-state index contributed by atoms with van der Waals surface area (Å²) in [6, 6.07) is 18.2. The molecule has 1 amide bonds. The molecule has 100 valence electrons. The first-order chi connectivity index (χ1) is 9.72. The Bertz CT molecular complexity index is 710. The molecule has 0 fully saturated rings. The number of hydrogen-bond donors (Lipinski definition) is 1. The molecule has 0 spiro atoms. The van der Waals surface area contributed by atoms with Crippen LogP contribution >= 0.6 is 11.3 Å². The van der Waals surface area contributed by atoms with Crippen LogP contribution in [0, 0.1) is 6.92 Å². The Morgan fingerprint density at radius 2 is 1.85 bits per heavy atom. The van der Waals surface area contributed by atoms with Crippen molar-refractivity contribution in [1.82, 2.24) is 5.32 Å². The van der Waals surface area contributed by atoms with E-state index in [0.29, 0.717) is 6.54 Å². The zero-order chi connectivity index (χ0) is 13.9. The number of hydrogen-bond acceptors (Lipinski definition) is 2. The molecule has 0 saturated heterocycles. The summed E-state index contributed by atoms with van der Waals surface area (Å²) in [5.74, 6) is -0.00762. The number of carbonyl (C=O) groups excluding carboxylic acids is 1. The number of thiophene rings is 1. The minimum atomic E-state index is -0.00762. The Balaban J connectivity index is 1.71. The van der Waals surface area contributed by atoms with Crippen molar-refractivity contribution in [3.05, 3.63) is 70.6 Å². The first-order valence-corrected chi connectivity index (χ1v) is 7.36. The summed E-state index contributed by atoms with van der Waals surface area (Å²) in [5, 5.41) is 4.09. The zero-order valence-corrected chi connectivity index (χ0v) is 12.0. The van der Waals surface area contributed by atoms with Crippen molar-refractivity contribution in [3.63, 3.8) is 0 Å². The van der Waals surface area contributed by atoms with E-state index in [-0.39, 0.29) is 5.91 Å². The summed E-state index contributed by atoms with van der Waals surface area (Å²) < 4.78 is 1.15. The Morgan fingerprint density at radius 1 is 1.10 bits per heavy atom. The molecule has 3 rings (SSSR count). The van der Waals surface area contributed by atoms with Gasteiger partial charge < -0.3 is 5.32 Å². The van der Waals surface area contributed by atoms with Gasteiger partial charge in [0.15, 0.2) is 0 Å². The van der Waals surface area contributed by atoms with Crippen LogP contribution in [0.25, 0.3) is 10.1 Å². The van der Waals surface area contributed by atoms with Crippen LogP contribution in [0.15, 0.2) is 54.6 Å². The molecule has 0 saturated carbocycles. The van der Waals surface area contributed by atoms with Gasteiger partial charge in [-0.3, -0.25) is 4.79 Å². The third kappa shape index (κ3) is 2.73. The molecule has 3 aromatic rings. The average molecular weight is 281 g/mol. The molecule has 0 aliphatic rings. The van der Waals surface area contributed by atoms with Gasteiger partial charge in [0.1, 0.15) is 0 Å². The largest absolute Gasteiger partial charge is 0.347 e. The van der Waals surface area contributed by atoms with Gasteiger partial charge in [-0.25, -0.2) is 0 Å². The van der Waals surface area contributed by atoms with Crippen molar-refractivity contribution in [3.8, 4) is 0 Å². The van der Waals surface area contributed by atoms with E-state index in [2.05, 4.69) is 24.4 Å². The van der Waals surface area contributed by atoms with E-state index in [1.165, 1.54) is 16.9 Å². The molecule has 0 aliphatic carbocycles. The molecule has 2 nitrogen and oxygen atoms in total. The molecule has 2 aromatic carbocycles. The summed E-state index contributed by atoms with van der Waals surface area (Å²) in [5.41, 5.74) is 2.34. The molecule has 0 bridgehead atoms. The van der Waals surface area contributed by atoms with E-state index in [4.69, 9.17) is 0 Å². The second kappa shape index (κ2) is 5.47. The molecular weight excluding hydrogens is 266 g/mol. The van der Waals surface area contributed by atoms with E-state index >= 15 is 0 Å². The first kappa shape index (κ1) is 12.9. The number of rotatable bonds is 3. The Hall–Kier alpha value is -2.13. The average Bonchev–Trinajstić information content (AvgIpc) is 2.90. The van der Waals surface area contributed by atoms with Crippen LogP contribution in [-0.4, -0.2) is 5.91 Å². The Morgan fingerprint density at radius 3 is 2.60 bits per heavy atom. The number of benzene rings is 2. The summed E-state index contributed by atoms with van der Waals surface area (Å²) in [7, 11) is 0. The first-order valence-electron chi connectivity index (χ1n) is 6.55. The summed E-state index contributed by atoms with van der Waals surface area (Å²) in [6.45, 7) is 2.62. The van der Waals surface area contributed by atoms with Gasteiger partial charge in [-0.15, -0.1) is 11.3 Å². The van der Waals surface area contributed by atoms with Crippen LogP contribution in [-0.2, 0) is 6.54 Å². The molecule has 20 heavy (non-hydrogen) atoms. The highest BCUT2D eigenvalue weighted by Crippen LogP contribution is 2.25. The fourth-order valence-corrected chi connectivity index (χ4v) is 3.05. The van der Waals surface area contributed by atoms with Crippen molar-refractivity contribution in [2.24, 2.45) is 0 Å². The van der Waals surface area contributed by atoms with Crippen LogP contribution in [0.1, 0.15) is 20.8 Å². The van der Waals surface area contributed by atoms with E-state index < -0.39 is 0 Å². The SMILES string of the molecule is Cc1ccc(CNC(=O)c2cc3ccccc3s2)cc1. The maximum atomic E-state index is 12.2. The topological polar surface area (TPSA) is 29.1 Å². The summed E-state index contributed by atoms with van der Waals surface area (Å²) >= 11 is 1.53. The maximum absolute atomic E-state index is 12.2. The van der Waals surface area contributed by atoms with Gasteiger partial charge in [-0.1, -0.05) is 48.0 Å². The van der Waals surface area contributed by atoms with E-state index in [1.807, 2.05) is 42.5 Å². The minimum Gasteiger partial charge on any atom is -0.347 e. The van der Waals surface area contributed by atoms with Crippen molar-refractivity contribution in [2.45, 2.75) is 13.5 Å². The van der Waals surface area contributed by atoms with Crippen molar-refractivity contribution in [1.29, 1.82) is 0 Å². The van der Waals surface area contributed by atoms with Gasteiger partial charge in [0.25, 0.3) is 5.91 Å². The molecule has 1 aromatic heterocycles. The maximum Gasteiger partial charge on any atom is 0.261 e. The van der Waals surface area contributed by atoms with Crippen LogP contribution < -0.4 is 5.32 Å². The number of fused-ring (bicyclic) bond motifs is 1. The van der Waals surface area contributed by atoms with Crippen molar-refractivity contribution < 1.29 is 4.79 Å². The van der Waals surface area contributed by atoms with E-state index in [9.17, 15) is 4.79 Å². The minimum absolute atomic E-state index is 0.00762. The van der Waals surface area contributed by atoms with E-state index in [1.54, 1.807) is 0 Å². The number of carbonyl (C=O) groups is 1. The highest BCUT2D eigenvalue weighted by Gasteiger charge is 2.09. The molecule has 1 heterocycles. The van der Waals surface area contributed by atoms with Gasteiger partial charge in [-0.2, -0.15) is 0 Å². The summed E-state index contributed by atoms with van der Waals surface area (Å²) in [6.07, 6.45) is 0. The van der Waals surface area contributed by atoms with Gasteiger partial charge in [0.2, 0.25) is 0 Å². The second-order valence-electron chi connectivity index (χ2n) is 4.82. The lowest BCUT2D eigenvalue weighted by Crippen LogP contribution is -2.21. The van der Waals surface area contributed by atoms with Crippen molar-refractivity contribution >= 4 is 27.3 Å². The second-order valence-corrected chi connectivity index (χ2v) is 5.90. The van der Waals surface area contributed by atoms with Gasteiger partial charge in [0.05, 0.1) is 4.88 Å². The predicted molar refractivity (Wildman–Crippen MR) is 84.2 cm³/mol. The Labute approximate surface area is 122 Å². The normalized spacial score (nSPS) is 10.7. The third-order valence-corrected chi connectivity index (χ3v) is 4.34. The van der Waals surface area contributed by atoms with Crippen LogP contribution in [0.2, 0.25) is 0 Å². The van der Waals surface area contributed by atoms with Crippen LogP contribution in [0.5, 0.6) is 0 Å². The van der Waals surface area contributed by atoms with Gasteiger partial charge in [-0.05, 0) is 30.0 Å². The fourth-order valence-electron chi connectivity index (χ4n) is 2.07. The lowest BCUT2D eigenvalue weighted by Gasteiger charge is -2.04. The monoisotopic (exact) mass is 281 g/mol. The lowest BCUT2D eigenvalue weighted by atomic mass is 10.1. The van der Waals surface area contributed by atoms with Gasteiger partial charge >= 0.3 is 0 Å². The van der Waals surface area contributed by atoms with Crippen LogP contribution in [0.3, 0.4) is 0 Å². The standard InChI is InChI=1S/C17H15NOS/c1-12-6-8-13(9-7-12)11-18-17(19)16-10-14-4-2-3-5-15(14)20-16/h2-10H,11H2,1H3,(H,18,19). The lowest BCUT2D eigenvalue weighted by molar-refractivity contribution is 0.0955. The van der Waals surface area contributed by atoms with Crippen molar-refractivity contribution in [2.75, 3.05) is 0 Å². The third-order valence-electron chi connectivity index (χ3n) is 3.22. The molecule has 0 aliphatic heterocycles. The fraction of sp³-hybridized carbons (Fsp3) is 0.118. The van der Waals surface area contributed by atoms with E-state index in [0.717, 1.165) is 20.5 Å². The predicted octanol–water partition coefficient (Wildman–Crippen LogP) is 4.14. The molecule has 0 unspecified atom stereocenters. The molecule has 3 heteroatoms. The van der Waals surface area contributed by atoms with Gasteiger partial charge in [0, 0.05) is 11.2 Å². The highest BCUT2D eigenvalue weighted by molar-refractivity contribution is 7.20. The van der Waals surface area contributed by atoms with Crippen LogP contribution in [0.4, 0.5) is 0 Å². The molecule has 0 radical (unpaired) electrons. The number of amides is 1. The smallest absolute Gasteiger partial charge is 0.261 e. The quantitative estimate of drug-likeness (QED) is 0.768. The molecule has 1 N–H and O–H groups in total. The highest BCUT2D eigenvalue weighted by atomic mass is 32.1. The zero-order valence-electron chi connectivity index (χ0n) is 11.2. The Kier molecular flexibility index (Phi) is 3.52. The molecule has 0 atom stereocenters.